The summed E-state index contributed by atoms with van der Waals surface area (Å²) < 4.78 is 1.85. The molecular formula is C19H31IN6. The Balaban J connectivity index is 0.00000338. The maximum Gasteiger partial charge on any atom is 0.191 e. The van der Waals surface area contributed by atoms with Crippen LogP contribution in [0.1, 0.15) is 24.6 Å². The van der Waals surface area contributed by atoms with Gasteiger partial charge >= 0.3 is 0 Å². The standard InChI is InChI=1S/C19H30N6.HI/c1-4-20-19(22-15-18-11-13-23-25(18)3)21-12-8-14-24(2)16-17-9-6-5-7-10-17;/h5-7,9-11,13H,4,8,12,14-16H2,1-3H3,(H2,20,21,22);1H. The average Bonchev–Trinajstić information content (AvgIpc) is 3.02. The number of hydrogen-bond acceptors (Lipinski definition) is 3. The fourth-order valence-corrected chi connectivity index (χ4v) is 2.59. The Morgan fingerprint density at radius 1 is 1.19 bits per heavy atom. The molecule has 0 radical (unpaired) electrons. The van der Waals surface area contributed by atoms with E-state index in [-0.39, 0.29) is 24.0 Å². The smallest absolute Gasteiger partial charge is 0.191 e. The summed E-state index contributed by atoms with van der Waals surface area (Å²) >= 11 is 0. The molecule has 2 N–H and O–H groups in total. The zero-order chi connectivity index (χ0) is 17.9. The minimum atomic E-state index is 0. The number of halogens is 1. The van der Waals surface area contributed by atoms with E-state index >= 15 is 0 Å². The van der Waals surface area contributed by atoms with Gasteiger partial charge in [0.2, 0.25) is 0 Å². The van der Waals surface area contributed by atoms with E-state index in [4.69, 9.17) is 0 Å². The Morgan fingerprint density at radius 2 is 1.96 bits per heavy atom. The molecule has 0 bridgehead atoms. The summed E-state index contributed by atoms with van der Waals surface area (Å²) in [5.74, 6) is 0.856. The second-order valence-corrected chi connectivity index (χ2v) is 6.15. The molecule has 2 aromatic rings. The van der Waals surface area contributed by atoms with E-state index in [1.54, 1.807) is 6.20 Å². The number of aryl methyl sites for hydroxylation is 1. The van der Waals surface area contributed by atoms with Crippen molar-refractivity contribution in [2.75, 3.05) is 26.7 Å². The van der Waals surface area contributed by atoms with Crippen LogP contribution in [0.5, 0.6) is 0 Å². The van der Waals surface area contributed by atoms with Gasteiger partial charge in [-0.1, -0.05) is 30.3 Å². The van der Waals surface area contributed by atoms with Gasteiger partial charge in [-0.2, -0.15) is 5.10 Å². The van der Waals surface area contributed by atoms with E-state index in [1.807, 2.05) is 17.8 Å². The zero-order valence-electron chi connectivity index (χ0n) is 16.0. The van der Waals surface area contributed by atoms with Crippen molar-refractivity contribution in [3.8, 4) is 0 Å². The normalized spacial score (nSPS) is 11.3. The van der Waals surface area contributed by atoms with Gasteiger partial charge < -0.3 is 15.5 Å². The number of nitrogens with zero attached hydrogens (tertiary/aromatic N) is 4. The molecule has 1 aromatic carbocycles. The molecule has 0 fully saturated rings. The number of benzene rings is 1. The van der Waals surface area contributed by atoms with Crippen LogP contribution in [0.2, 0.25) is 0 Å². The Kier molecular flexibility index (Phi) is 11.0. The first-order chi connectivity index (χ1) is 12.2. The van der Waals surface area contributed by atoms with Crippen LogP contribution in [0.25, 0.3) is 0 Å². The van der Waals surface area contributed by atoms with Crippen LogP contribution in [0.15, 0.2) is 47.6 Å². The summed E-state index contributed by atoms with van der Waals surface area (Å²) in [5.41, 5.74) is 2.45. The average molecular weight is 470 g/mol. The fourth-order valence-electron chi connectivity index (χ4n) is 2.59. The van der Waals surface area contributed by atoms with Gasteiger partial charge in [-0.15, -0.1) is 24.0 Å². The molecule has 0 unspecified atom stereocenters. The second-order valence-electron chi connectivity index (χ2n) is 6.15. The van der Waals surface area contributed by atoms with Crippen LogP contribution in [-0.4, -0.2) is 47.3 Å². The summed E-state index contributed by atoms with van der Waals surface area (Å²) in [6.07, 6.45) is 2.87. The van der Waals surface area contributed by atoms with Crippen molar-refractivity contribution in [3.63, 3.8) is 0 Å². The highest BCUT2D eigenvalue weighted by Gasteiger charge is 2.02. The van der Waals surface area contributed by atoms with Crippen molar-refractivity contribution in [1.29, 1.82) is 0 Å². The lowest BCUT2D eigenvalue weighted by atomic mass is 10.2. The van der Waals surface area contributed by atoms with Crippen molar-refractivity contribution >= 4 is 29.9 Å². The molecule has 0 aliphatic rings. The van der Waals surface area contributed by atoms with Crippen LogP contribution in [0, 0.1) is 0 Å². The largest absolute Gasteiger partial charge is 0.357 e. The van der Waals surface area contributed by atoms with Gasteiger partial charge in [0.1, 0.15) is 0 Å². The number of guanidine groups is 1. The van der Waals surface area contributed by atoms with E-state index in [0.717, 1.165) is 44.3 Å². The molecule has 0 saturated heterocycles. The van der Waals surface area contributed by atoms with Crippen LogP contribution in [-0.2, 0) is 20.1 Å². The van der Waals surface area contributed by atoms with E-state index in [9.17, 15) is 0 Å². The van der Waals surface area contributed by atoms with Crippen molar-refractivity contribution in [2.24, 2.45) is 12.0 Å². The number of aliphatic imine (C=N–C) groups is 1. The fraction of sp³-hybridized carbons (Fsp3) is 0.474. The van der Waals surface area contributed by atoms with Gasteiger partial charge in [0.05, 0.1) is 12.2 Å². The first kappa shape index (κ1) is 22.4. The highest BCUT2D eigenvalue weighted by atomic mass is 127. The van der Waals surface area contributed by atoms with Gasteiger partial charge in [0, 0.05) is 32.9 Å². The molecule has 0 spiro atoms. The first-order valence-electron chi connectivity index (χ1n) is 8.90. The number of nitrogens with one attached hydrogen (secondary N) is 2. The van der Waals surface area contributed by atoms with Crippen molar-refractivity contribution < 1.29 is 0 Å². The molecule has 0 saturated carbocycles. The number of hydrogen-bond donors (Lipinski definition) is 2. The second kappa shape index (κ2) is 12.7. The van der Waals surface area contributed by atoms with Crippen molar-refractivity contribution in [3.05, 3.63) is 53.9 Å². The van der Waals surface area contributed by atoms with Gasteiger partial charge in [-0.05, 0) is 38.6 Å². The molecule has 1 heterocycles. The third-order valence-corrected chi connectivity index (χ3v) is 3.97. The topological polar surface area (TPSA) is 57.5 Å². The minimum Gasteiger partial charge on any atom is -0.357 e. The Bertz CT molecular complexity index is 640. The van der Waals surface area contributed by atoms with Gasteiger partial charge in [0.25, 0.3) is 0 Å². The predicted octanol–water partition coefficient (Wildman–Crippen LogP) is 2.62. The molecule has 0 aliphatic heterocycles. The van der Waals surface area contributed by atoms with Gasteiger partial charge in [-0.3, -0.25) is 4.68 Å². The lowest BCUT2D eigenvalue weighted by Gasteiger charge is -2.17. The molecular weight excluding hydrogens is 439 g/mol. The van der Waals surface area contributed by atoms with Crippen molar-refractivity contribution in [1.82, 2.24) is 25.3 Å². The third-order valence-electron chi connectivity index (χ3n) is 3.97. The van der Waals surface area contributed by atoms with Gasteiger partial charge in [0.15, 0.2) is 5.96 Å². The summed E-state index contributed by atoms with van der Waals surface area (Å²) in [5, 5.41) is 10.9. The van der Waals surface area contributed by atoms with Crippen LogP contribution < -0.4 is 10.6 Å². The summed E-state index contributed by atoms with van der Waals surface area (Å²) in [7, 11) is 4.10. The molecule has 0 atom stereocenters. The lowest BCUT2D eigenvalue weighted by molar-refractivity contribution is 0.322. The molecule has 26 heavy (non-hydrogen) atoms. The molecule has 1 aromatic heterocycles. The Labute approximate surface area is 174 Å². The highest BCUT2D eigenvalue weighted by Crippen LogP contribution is 2.02. The third kappa shape index (κ3) is 8.18. The maximum atomic E-state index is 4.62. The SMILES string of the molecule is CCNC(=NCc1ccnn1C)NCCCN(C)Cc1ccccc1.I. The zero-order valence-corrected chi connectivity index (χ0v) is 18.3. The summed E-state index contributed by atoms with van der Waals surface area (Å²) in [6, 6.07) is 12.6. The number of aromatic nitrogens is 2. The maximum absolute atomic E-state index is 4.62. The molecule has 144 valence electrons. The van der Waals surface area contributed by atoms with Crippen molar-refractivity contribution in [2.45, 2.75) is 26.4 Å². The van der Waals surface area contributed by atoms with E-state index < -0.39 is 0 Å². The highest BCUT2D eigenvalue weighted by molar-refractivity contribution is 14.0. The quantitative estimate of drug-likeness (QED) is 0.256. The van der Waals surface area contributed by atoms with E-state index in [2.05, 4.69) is 69.9 Å². The first-order valence-corrected chi connectivity index (χ1v) is 8.90. The number of rotatable bonds is 9. The Morgan fingerprint density at radius 3 is 2.62 bits per heavy atom. The Hall–Kier alpha value is -1.61. The summed E-state index contributed by atoms with van der Waals surface area (Å²) in [4.78, 5) is 6.97. The van der Waals surface area contributed by atoms with E-state index in [0.29, 0.717) is 6.54 Å². The van der Waals surface area contributed by atoms with Crippen LogP contribution in [0.4, 0.5) is 0 Å². The monoisotopic (exact) mass is 470 g/mol. The van der Waals surface area contributed by atoms with Crippen LogP contribution >= 0.6 is 24.0 Å². The molecule has 2 rings (SSSR count). The van der Waals surface area contributed by atoms with Gasteiger partial charge in [-0.25, -0.2) is 4.99 Å². The molecule has 7 heteroatoms. The van der Waals surface area contributed by atoms with Crippen LogP contribution in [0.3, 0.4) is 0 Å². The summed E-state index contributed by atoms with van der Waals surface area (Å²) in [6.45, 7) is 6.48. The minimum absolute atomic E-state index is 0. The molecule has 0 aliphatic carbocycles. The molecule has 0 amide bonds. The van der Waals surface area contributed by atoms with E-state index in [1.165, 1.54) is 5.56 Å². The predicted molar refractivity (Wildman–Crippen MR) is 119 cm³/mol. The lowest BCUT2D eigenvalue weighted by Crippen LogP contribution is -2.38. The molecule has 6 nitrogen and oxygen atoms in total.